The molecular formula is C10H20N4O2S. The lowest BCUT2D eigenvalue weighted by Crippen LogP contribution is -2.18. The maximum absolute atomic E-state index is 5.40. The van der Waals surface area contributed by atoms with Crippen LogP contribution in [-0.4, -0.2) is 49.0 Å². The van der Waals surface area contributed by atoms with Crippen LogP contribution in [0, 0.1) is 0 Å². The predicted octanol–water partition coefficient (Wildman–Crippen LogP) is 0.971. The molecule has 17 heavy (non-hydrogen) atoms. The molecule has 0 fully saturated rings. The molecule has 0 bridgehead atoms. The normalized spacial score (nSPS) is 10.7. The Morgan fingerprint density at radius 2 is 2.24 bits per heavy atom. The Labute approximate surface area is 106 Å². The summed E-state index contributed by atoms with van der Waals surface area (Å²) in [5.41, 5.74) is 0. The summed E-state index contributed by atoms with van der Waals surface area (Å²) in [5.74, 6) is 1.72. The van der Waals surface area contributed by atoms with Crippen LogP contribution < -0.4 is 10.6 Å². The summed E-state index contributed by atoms with van der Waals surface area (Å²) in [5, 5.41) is 14.1. The van der Waals surface area contributed by atoms with Crippen LogP contribution in [0.25, 0.3) is 0 Å². The average Bonchev–Trinajstić information content (AvgIpc) is 2.78. The van der Waals surface area contributed by atoms with E-state index >= 15 is 0 Å². The minimum atomic E-state index is 0.495. The highest BCUT2D eigenvalue weighted by Crippen LogP contribution is 2.05. The third-order valence-electron chi connectivity index (χ3n) is 2.03. The molecule has 1 aromatic heterocycles. The SMILES string of the molecule is COCCNCc1nnc(NCCCSC)o1. The number of thioether (sulfide) groups is 1. The van der Waals surface area contributed by atoms with E-state index in [2.05, 4.69) is 27.1 Å². The standard InChI is InChI=1S/C10H20N4O2S/c1-15-6-5-11-8-9-13-14-10(16-9)12-4-3-7-17-2/h11H,3-8H2,1-2H3,(H,12,14). The molecule has 0 aliphatic rings. The summed E-state index contributed by atoms with van der Waals surface area (Å²) in [6, 6.07) is 0.495. The van der Waals surface area contributed by atoms with Crippen LogP contribution in [0.15, 0.2) is 4.42 Å². The highest BCUT2D eigenvalue weighted by Gasteiger charge is 2.04. The molecule has 1 aromatic rings. The second-order valence-corrected chi connectivity index (χ2v) is 4.43. The molecule has 6 nitrogen and oxygen atoms in total. The highest BCUT2D eigenvalue weighted by atomic mass is 32.2. The fraction of sp³-hybridized carbons (Fsp3) is 0.800. The molecule has 0 amide bonds. The van der Waals surface area contributed by atoms with Gasteiger partial charge in [-0.25, -0.2) is 0 Å². The van der Waals surface area contributed by atoms with Gasteiger partial charge in [0, 0.05) is 20.2 Å². The predicted molar refractivity (Wildman–Crippen MR) is 69.4 cm³/mol. The van der Waals surface area contributed by atoms with Gasteiger partial charge in [0.25, 0.3) is 0 Å². The molecule has 0 radical (unpaired) electrons. The Balaban J connectivity index is 2.14. The number of rotatable bonds is 10. The number of methoxy groups -OCH3 is 1. The molecular weight excluding hydrogens is 240 g/mol. The van der Waals surface area contributed by atoms with Crippen LogP contribution >= 0.6 is 11.8 Å². The van der Waals surface area contributed by atoms with Crippen LogP contribution in [0.2, 0.25) is 0 Å². The Morgan fingerprint density at radius 3 is 3.00 bits per heavy atom. The number of aromatic nitrogens is 2. The van der Waals surface area contributed by atoms with Crippen molar-refractivity contribution in [3.8, 4) is 0 Å². The van der Waals surface area contributed by atoms with Crippen molar-refractivity contribution in [2.24, 2.45) is 0 Å². The van der Waals surface area contributed by atoms with Gasteiger partial charge in [-0.15, -0.1) is 5.10 Å². The van der Waals surface area contributed by atoms with Gasteiger partial charge in [-0.3, -0.25) is 0 Å². The Morgan fingerprint density at radius 1 is 1.35 bits per heavy atom. The lowest BCUT2D eigenvalue weighted by Gasteiger charge is -2.00. The first-order chi connectivity index (χ1) is 8.36. The van der Waals surface area contributed by atoms with Crippen molar-refractivity contribution in [1.29, 1.82) is 0 Å². The average molecular weight is 260 g/mol. The Kier molecular flexibility index (Phi) is 7.78. The van der Waals surface area contributed by atoms with Gasteiger partial charge >= 0.3 is 6.01 Å². The van der Waals surface area contributed by atoms with Crippen molar-refractivity contribution in [1.82, 2.24) is 15.5 Å². The zero-order chi connectivity index (χ0) is 12.3. The molecule has 1 rings (SSSR count). The quantitative estimate of drug-likeness (QED) is 0.607. The third-order valence-corrected chi connectivity index (χ3v) is 2.72. The lowest BCUT2D eigenvalue weighted by molar-refractivity contribution is 0.198. The number of hydrogen-bond acceptors (Lipinski definition) is 7. The first kappa shape index (κ1) is 14.3. The van der Waals surface area contributed by atoms with Crippen LogP contribution in [0.4, 0.5) is 6.01 Å². The first-order valence-electron chi connectivity index (χ1n) is 5.61. The Bertz CT molecular complexity index is 269. The van der Waals surface area contributed by atoms with E-state index in [1.54, 1.807) is 7.11 Å². The van der Waals surface area contributed by atoms with Crippen molar-refractivity contribution in [2.45, 2.75) is 13.0 Å². The maximum atomic E-state index is 5.40. The van der Waals surface area contributed by atoms with Gasteiger partial charge in [0.2, 0.25) is 5.89 Å². The Hall–Kier alpha value is -0.790. The molecule has 1 heterocycles. The fourth-order valence-electron chi connectivity index (χ4n) is 1.18. The lowest BCUT2D eigenvalue weighted by atomic mass is 10.5. The minimum absolute atomic E-state index is 0.495. The number of hydrogen-bond donors (Lipinski definition) is 2. The van der Waals surface area contributed by atoms with Gasteiger partial charge < -0.3 is 19.8 Å². The molecule has 7 heteroatoms. The molecule has 0 aliphatic heterocycles. The third kappa shape index (κ3) is 6.50. The molecule has 0 aromatic carbocycles. The van der Waals surface area contributed by atoms with Crippen LogP contribution in [-0.2, 0) is 11.3 Å². The molecule has 0 saturated carbocycles. The van der Waals surface area contributed by atoms with E-state index in [1.807, 2.05) is 11.8 Å². The van der Waals surface area contributed by atoms with E-state index < -0.39 is 0 Å². The largest absolute Gasteiger partial charge is 0.407 e. The number of anilines is 1. The summed E-state index contributed by atoms with van der Waals surface area (Å²) in [4.78, 5) is 0. The molecule has 0 spiro atoms. The van der Waals surface area contributed by atoms with Gasteiger partial charge in [-0.05, 0) is 18.4 Å². The first-order valence-corrected chi connectivity index (χ1v) is 7.01. The number of ether oxygens (including phenoxy) is 1. The molecule has 2 N–H and O–H groups in total. The highest BCUT2D eigenvalue weighted by molar-refractivity contribution is 7.98. The van der Waals surface area contributed by atoms with E-state index in [4.69, 9.17) is 9.15 Å². The molecule has 0 atom stereocenters. The van der Waals surface area contributed by atoms with Crippen molar-refractivity contribution < 1.29 is 9.15 Å². The number of nitrogens with zero attached hydrogens (tertiary/aromatic N) is 2. The summed E-state index contributed by atoms with van der Waals surface area (Å²) in [6.07, 6.45) is 3.18. The molecule has 98 valence electrons. The van der Waals surface area contributed by atoms with Gasteiger partial charge in [0.1, 0.15) is 0 Å². The monoisotopic (exact) mass is 260 g/mol. The van der Waals surface area contributed by atoms with E-state index in [0.29, 0.717) is 25.1 Å². The smallest absolute Gasteiger partial charge is 0.315 e. The second-order valence-electron chi connectivity index (χ2n) is 3.44. The molecule has 0 unspecified atom stereocenters. The fourth-order valence-corrected chi connectivity index (χ4v) is 1.61. The van der Waals surface area contributed by atoms with Gasteiger partial charge in [-0.1, -0.05) is 5.10 Å². The van der Waals surface area contributed by atoms with Crippen LogP contribution in [0.1, 0.15) is 12.3 Å². The molecule has 0 saturated heterocycles. The van der Waals surface area contributed by atoms with Crippen LogP contribution in [0.5, 0.6) is 0 Å². The van der Waals surface area contributed by atoms with Crippen molar-refractivity contribution in [2.75, 3.05) is 44.1 Å². The van der Waals surface area contributed by atoms with Gasteiger partial charge in [0.15, 0.2) is 0 Å². The van der Waals surface area contributed by atoms with Crippen molar-refractivity contribution in [3.63, 3.8) is 0 Å². The molecule has 0 aliphatic carbocycles. The van der Waals surface area contributed by atoms with E-state index in [-0.39, 0.29) is 0 Å². The van der Waals surface area contributed by atoms with E-state index in [0.717, 1.165) is 25.3 Å². The second kappa shape index (κ2) is 9.26. The zero-order valence-electron chi connectivity index (χ0n) is 10.4. The van der Waals surface area contributed by atoms with E-state index in [9.17, 15) is 0 Å². The maximum Gasteiger partial charge on any atom is 0.315 e. The van der Waals surface area contributed by atoms with E-state index in [1.165, 1.54) is 0 Å². The zero-order valence-corrected chi connectivity index (χ0v) is 11.2. The topological polar surface area (TPSA) is 72.2 Å². The van der Waals surface area contributed by atoms with Crippen molar-refractivity contribution >= 4 is 17.8 Å². The summed E-state index contributed by atoms with van der Waals surface area (Å²) < 4.78 is 10.3. The van der Waals surface area contributed by atoms with Gasteiger partial charge in [-0.2, -0.15) is 11.8 Å². The summed E-state index contributed by atoms with van der Waals surface area (Å²) >= 11 is 1.83. The van der Waals surface area contributed by atoms with Crippen molar-refractivity contribution in [3.05, 3.63) is 5.89 Å². The number of nitrogens with one attached hydrogen (secondary N) is 2. The van der Waals surface area contributed by atoms with Gasteiger partial charge in [0.05, 0.1) is 13.2 Å². The minimum Gasteiger partial charge on any atom is -0.407 e. The summed E-state index contributed by atoms with van der Waals surface area (Å²) in [6.45, 7) is 2.88. The summed E-state index contributed by atoms with van der Waals surface area (Å²) in [7, 11) is 1.67. The van der Waals surface area contributed by atoms with Crippen LogP contribution in [0.3, 0.4) is 0 Å².